The van der Waals surface area contributed by atoms with Gasteiger partial charge in [-0.15, -0.1) is 0 Å². The third-order valence-corrected chi connectivity index (χ3v) is 6.47. The molecule has 1 aromatic heterocycles. The highest BCUT2D eigenvalue weighted by Crippen LogP contribution is 2.39. The Kier molecular flexibility index (Phi) is 7.23. The highest BCUT2D eigenvalue weighted by Gasteiger charge is 2.44. The molecule has 9 heteroatoms. The summed E-state index contributed by atoms with van der Waals surface area (Å²) in [6.07, 6.45) is 0.277. The van der Waals surface area contributed by atoms with Crippen molar-refractivity contribution >= 4 is 5.70 Å². The summed E-state index contributed by atoms with van der Waals surface area (Å²) in [6.45, 7) is 9.74. The number of aromatic nitrogens is 2. The molecular weight excluding hydrogens is 445 g/mol. The zero-order valence-electron chi connectivity index (χ0n) is 20.0. The molecule has 3 heterocycles. The number of alkyl halides is 2. The van der Waals surface area contributed by atoms with E-state index in [-0.39, 0.29) is 24.5 Å². The van der Waals surface area contributed by atoms with Crippen LogP contribution in [-0.4, -0.2) is 70.4 Å². The zero-order chi connectivity index (χ0) is 24.5. The predicted molar refractivity (Wildman–Crippen MR) is 124 cm³/mol. The second kappa shape index (κ2) is 10.00. The van der Waals surface area contributed by atoms with Crippen molar-refractivity contribution < 1.29 is 22.6 Å². The first kappa shape index (κ1) is 24.6. The average molecular weight is 479 g/mol. The Labute approximate surface area is 198 Å². The lowest BCUT2D eigenvalue weighted by atomic mass is 9.87. The van der Waals surface area contributed by atoms with Crippen LogP contribution in [0.25, 0.3) is 5.70 Å². The number of rotatable bonds is 7. The van der Waals surface area contributed by atoms with Crippen LogP contribution in [0.4, 0.5) is 13.2 Å². The van der Waals surface area contributed by atoms with Gasteiger partial charge >= 0.3 is 0 Å². The second-order valence-electron chi connectivity index (χ2n) is 9.53. The van der Waals surface area contributed by atoms with Crippen LogP contribution in [0, 0.1) is 5.82 Å². The number of nitrogens with zero attached hydrogens (tertiary/aromatic N) is 4. The van der Waals surface area contributed by atoms with Gasteiger partial charge in [0, 0.05) is 50.7 Å². The number of aryl methyl sites for hydroxylation is 1. The first-order valence-electron chi connectivity index (χ1n) is 11.7. The van der Waals surface area contributed by atoms with Crippen molar-refractivity contribution in [1.82, 2.24) is 19.6 Å². The molecule has 1 spiro atoms. The zero-order valence-corrected chi connectivity index (χ0v) is 20.0. The van der Waals surface area contributed by atoms with Crippen molar-refractivity contribution in [2.24, 2.45) is 7.05 Å². The SMILES string of the molecule is C=C(c1ccc(OC(C)C)c(F)c1)N1CCC2(CC1)CN(CC(F)F)CC(c1ccn(C)n1)O2. The Morgan fingerprint density at radius 2 is 2.00 bits per heavy atom. The summed E-state index contributed by atoms with van der Waals surface area (Å²) in [5.74, 6) is -0.197. The Balaban J connectivity index is 1.45. The van der Waals surface area contributed by atoms with E-state index in [1.165, 1.54) is 6.07 Å². The molecule has 0 bridgehead atoms. The number of hydrogen-bond acceptors (Lipinski definition) is 5. The standard InChI is InChI=1S/C25H33F3N4O2/c1-17(2)33-22-6-5-19(13-20(22)26)18(3)32-11-8-25(9-12-32)16-31(15-24(27)28)14-23(34-25)21-7-10-30(4)29-21/h5-7,10,13,17,23-24H,3,8-9,11-12,14-16H2,1-2,4H3. The van der Waals surface area contributed by atoms with Crippen LogP contribution in [0.5, 0.6) is 5.75 Å². The molecule has 2 aliphatic heterocycles. The molecule has 34 heavy (non-hydrogen) atoms. The maximum atomic E-state index is 14.5. The van der Waals surface area contributed by atoms with E-state index in [1.807, 2.05) is 39.2 Å². The van der Waals surface area contributed by atoms with Gasteiger partial charge < -0.3 is 14.4 Å². The molecule has 0 saturated carbocycles. The van der Waals surface area contributed by atoms with Gasteiger partial charge in [-0.25, -0.2) is 13.2 Å². The molecule has 0 aliphatic carbocycles. The van der Waals surface area contributed by atoms with Gasteiger partial charge in [0.1, 0.15) is 6.10 Å². The maximum Gasteiger partial charge on any atom is 0.251 e. The molecule has 4 rings (SSSR count). The summed E-state index contributed by atoms with van der Waals surface area (Å²) in [4.78, 5) is 3.90. The molecule has 0 N–H and O–H groups in total. The summed E-state index contributed by atoms with van der Waals surface area (Å²) in [5, 5.41) is 4.45. The molecule has 1 aromatic carbocycles. The van der Waals surface area contributed by atoms with E-state index >= 15 is 0 Å². The topological polar surface area (TPSA) is 42.8 Å². The fraction of sp³-hybridized carbons (Fsp3) is 0.560. The van der Waals surface area contributed by atoms with Crippen LogP contribution in [0.2, 0.25) is 0 Å². The Morgan fingerprint density at radius 1 is 1.26 bits per heavy atom. The van der Waals surface area contributed by atoms with E-state index in [0.29, 0.717) is 44.6 Å². The van der Waals surface area contributed by atoms with E-state index in [2.05, 4.69) is 16.6 Å². The van der Waals surface area contributed by atoms with Crippen LogP contribution < -0.4 is 4.74 Å². The van der Waals surface area contributed by atoms with Crippen molar-refractivity contribution in [3.05, 3.63) is 54.1 Å². The Bertz CT molecular complexity index is 1000. The van der Waals surface area contributed by atoms with E-state index in [0.717, 1.165) is 11.4 Å². The van der Waals surface area contributed by atoms with Gasteiger partial charge in [-0.05, 0) is 51.0 Å². The summed E-state index contributed by atoms with van der Waals surface area (Å²) in [5.41, 5.74) is 1.64. The lowest BCUT2D eigenvalue weighted by Gasteiger charge is -2.50. The van der Waals surface area contributed by atoms with Gasteiger partial charge in [0.05, 0.1) is 23.9 Å². The molecule has 2 fully saturated rings. The molecule has 0 radical (unpaired) electrons. The van der Waals surface area contributed by atoms with Crippen molar-refractivity contribution in [1.29, 1.82) is 0 Å². The quantitative estimate of drug-likeness (QED) is 0.587. The number of hydrogen-bond donors (Lipinski definition) is 0. The Morgan fingerprint density at radius 3 is 2.59 bits per heavy atom. The van der Waals surface area contributed by atoms with Crippen LogP contribution in [0.15, 0.2) is 37.0 Å². The molecule has 1 atom stereocenters. The average Bonchev–Trinajstić information content (AvgIpc) is 3.21. The number of halogens is 3. The minimum Gasteiger partial charge on any atom is -0.488 e. The third-order valence-electron chi connectivity index (χ3n) is 6.47. The normalized spacial score (nSPS) is 20.9. The van der Waals surface area contributed by atoms with Gasteiger partial charge in [0.25, 0.3) is 6.43 Å². The van der Waals surface area contributed by atoms with Crippen LogP contribution >= 0.6 is 0 Å². The summed E-state index contributed by atoms with van der Waals surface area (Å²) >= 11 is 0. The predicted octanol–water partition coefficient (Wildman–Crippen LogP) is 4.49. The monoisotopic (exact) mass is 478 g/mol. The fourth-order valence-electron chi connectivity index (χ4n) is 4.85. The highest BCUT2D eigenvalue weighted by molar-refractivity contribution is 5.63. The van der Waals surface area contributed by atoms with Crippen LogP contribution in [-0.2, 0) is 11.8 Å². The minimum absolute atomic E-state index is 0.114. The molecule has 2 saturated heterocycles. The van der Waals surface area contributed by atoms with Gasteiger partial charge in [0.2, 0.25) is 0 Å². The number of piperidine rings is 1. The first-order valence-corrected chi connectivity index (χ1v) is 11.7. The maximum absolute atomic E-state index is 14.5. The van der Waals surface area contributed by atoms with E-state index in [4.69, 9.17) is 9.47 Å². The second-order valence-corrected chi connectivity index (χ2v) is 9.53. The van der Waals surface area contributed by atoms with E-state index in [9.17, 15) is 13.2 Å². The smallest absolute Gasteiger partial charge is 0.251 e. The van der Waals surface area contributed by atoms with Crippen LogP contribution in [0.1, 0.15) is 44.1 Å². The Hall–Kier alpha value is -2.52. The number of benzene rings is 1. The lowest BCUT2D eigenvalue weighted by Crippen LogP contribution is -2.58. The molecule has 186 valence electrons. The molecular formula is C25H33F3N4O2. The van der Waals surface area contributed by atoms with Gasteiger partial charge in [-0.2, -0.15) is 5.10 Å². The van der Waals surface area contributed by atoms with Crippen LogP contribution in [0.3, 0.4) is 0 Å². The third kappa shape index (κ3) is 5.58. The van der Waals surface area contributed by atoms with Crippen molar-refractivity contribution in [2.45, 2.75) is 50.9 Å². The van der Waals surface area contributed by atoms with E-state index < -0.39 is 17.8 Å². The van der Waals surface area contributed by atoms with Crippen molar-refractivity contribution in [3.63, 3.8) is 0 Å². The largest absolute Gasteiger partial charge is 0.488 e. The summed E-state index contributed by atoms with van der Waals surface area (Å²) in [6, 6.07) is 6.77. The van der Waals surface area contributed by atoms with Gasteiger partial charge in [0.15, 0.2) is 11.6 Å². The van der Waals surface area contributed by atoms with E-state index in [1.54, 1.807) is 15.6 Å². The van der Waals surface area contributed by atoms with Gasteiger partial charge in [-0.1, -0.05) is 6.58 Å². The molecule has 0 amide bonds. The molecule has 2 aliphatic rings. The number of ether oxygens (including phenoxy) is 2. The molecule has 2 aromatic rings. The molecule has 1 unspecified atom stereocenters. The summed E-state index contributed by atoms with van der Waals surface area (Å²) in [7, 11) is 1.83. The molecule has 6 nitrogen and oxygen atoms in total. The summed E-state index contributed by atoms with van der Waals surface area (Å²) < 4.78 is 54.7. The number of likely N-dealkylation sites (tertiary alicyclic amines) is 1. The van der Waals surface area contributed by atoms with Gasteiger partial charge in [-0.3, -0.25) is 9.58 Å². The fourth-order valence-corrected chi connectivity index (χ4v) is 4.85. The lowest BCUT2D eigenvalue weighted by molar-refractivity contribution is -0.180. The minimum atomic E-state index is -2.41. The first-order chi connectivity index (χ1) is 16.1. The van der Waals surface area contributed by atoms with Crippen molar-refractivity contribution in [2.75, 3.05) is 32.7 Å². The highest BCUT2D eigenvalue weighted by atomic mass is 19.3. The van der Waals surface area contributed by atoms with Crippen molar-refractivity contribution in [3.8, 4) is 5.75 Å². The number of morpholine rings is 1.